The van der Waals surface area contributed by atoms with E-state index in [0.29, 0.717) is 17.7 Å². The minimum atomic E-state index is 0.525. The second-order valence-corrected chi connectivity index (χ2v) is 6.75. The van der Waals surface area contributed by atoms with Crippen LogP contribution >= 0.6 is 0 Å². The van der Waals surface area contributed by atoms with Crippen molar-refractivity contribution in [1.29, 1.82) is 0 Å². The number of anilines is 1. The highest BCUT2D eigenvalue weighted by Gasteiger charge is 2.24. The van der Waals surface area contributed by atoms with E-state index < -0.39 is 0 Å². The molecule has 2 rings (SSSR count). The Morgan fingerprint density at radius 2 is 1.90 bits per heavy atom. The van der Waals surface area contributed by atoms with Crippen molar-refractivity contribution < 1.29 is 0 Å². The molecule has 0 bridgehead atoms. The number of hydrogen-bond donors (Lipinski definition) is 1. The summed E-state index contributed by atoms with van der Waals surface area (Å²) in [6, 6.07) is 1.94. The molecule has 0 unspecified atom stereocenters. The molecule has 1 fully saturated rings. The van der Waals surface area contributed by atoms with Gasteiger partial charge >= 0.3 is 0 Å². The van der Waals surface area contributed by atoms with Crippen molar-refractivity contribution in [2.45, 2.75) is 71.6 Å². The van der Waals surface area contributed by atoms with Crippen LogP contribution in [0.3, 0.4) is 0 Å². The topological polar surface area (TPSA) is 51.8 Å². The zero-order valence-electron chi connectivity index (χ0n) is 13.2. The first kappa shape index (κ1) is 15.3. The third-order valence-electron chi connectivity index (χ3n) is 4.34. The van der Waals surface area contributed by atoms with Gasteiger partial charge in [0.1, 0.15) is 11.6 Å². The van der Waals surface area contributed by atoms with Gasteiger partial charge in [0.25, 0.3) is 0 Å². The molecule has 0 aromatic carbocycles. The van der Waals surface area contributed by atoms with Crippen LogP contribution < -0.4 is 5.73 Å². The second-order valence-electron chi connectivity index (χ2n) is 6.75. The summed E-state index contributed by atoms with van der Waals surface area (Å²) in [6.07, 6.45) is 8.80. The molecule has 1 saturated carbocycles. The normalized spacial score (nSPS) is 23.2. The van der Waals surface area contributed by atoms with Crippen LogP contribution in [0.2, 0.25) is 0 Å². The van der Waals surface area contributed by atoms with Crippen LogP contribution in [0.25, 0.3) is 0 Å². The van der Waals surface area contributed by atoms with Crippen molar-refractivity contribution in [3.8, 4) is 0 Å². The van der Waals surface area contributed by atoms with Gasteiger partial charge in [-0.15, -0.1) is 0 Å². The quantitative estimate of drug-likeness (QED) is 0.870. The third-order valence-corrected chi connectivity index (χ3v) is 4.34. The van der Waals surface area contributed by atoms with Gasteiger partial charge in [0.05, 0.1) is 0 Å². The lowest BCUT2D eigenvalue weighted by Crippen LogP contribution is -2.16. The number of hydrogen-bond acceptors (Lipinski definition) is 3. The molecule has 0 saturated heterocycles. The summed E-state index contributed by atoms with van der Waals surface area (Å²) in [6.45, 7) is 6.72. The largest absolute Gasteiger partial charge is 0.384 e. The number of nitrogen functional groups attached to an aromatic ring is 1. The van der Waals surface area contributed by atoms with Gasteiger partial charge in [-0.1, -0.05) is 33.6 Å². The van der Waals surface area contributed by atoms with Gasteiger partial charge in [0, 0.05) is 17.7 Å². The molecule has 1 aliphatic rings. The van der Waals surface area contributed by atoms with Gasteiger partial charge in [0.15, 0.2) is 0 Å². The third kappa shape index (κ3) is 4.19. The Kier molecular flexibility index (Phi) is 5.38. The summed E-state index contributed by atoms with van der Waals surface area (Å²) in [7, 11) is 0. The maximum Gasteiger partial charge on any atom is 0.134 e. The lowest BCUT2D eigenvalue weighted by Gasteiger charge is -2.27. The number of nitrogens with two attached hydrogens (primary N) is 1. The average Bonchev–Trinajstić information content (AvgIpc) is 2.38. The Morgan fingerprint density at radius 3 is 2.50 bits per heavy atom. The van der Waals surface area contributed by atoms with Crippen molar-refractivity contribution in [1.82, 2.24) is 9.97 Å². The van der Waals surface area contributed by atoms with Gasteiger partial charge in [0.2, 0.25) is 0 Å². The van der Waals surface area contributed by atoms with Crippen molar-refractivity contribution >= 4 is 5.82 Å². The molecular weight excluding hydrogens is 246 g/mol. The zero-order valence-corrected chi connectivity index (χ0v) is 13.2. The highest BCUT2D eigenvalue weighted by molar-refractivity contribution is 5.30. The first-order chi connectivity index (χ1) is 9.58. The molecular formula is C17H29N3. The van der Waals surface area contributed by atoms with Gasteiger partial charge in [-0.25, -0.2) is 9.97 Å². The molecule has 1 aliphatic carbocycles. The van der Waals surface area contributed by atoms with Crippen LogP contribution in [0.15, 0.2) is 6.07 Å². The van der Waals surface area contributed by atoms with Gasteiger partial charge in [-0.05, 0) is 43.9 Å². The van der Waals surface area contributed by atoms with Crippen LogP contribution in [-0.2, 0) is 6.42 Å². The maximum atomic E-state index is 5.97. The molecule has 0 amide bonds. The molecule has 0 spiro atoms. The molecule has 1 heterocycles. The SMILES string of the molecule is CCCC1CCC(c2nc(N)cc(CC(C)C)n2)CC1. The Balaban J connectivity index is 2.03. The second kappa shape index (κ2) is 7.05. The minimum Gasteiger partial charge on any atom is -0.384 e. The van der Waals surface area contributed by atoms with E-state index in [2.05, 4.69) is 25.8 Å². The molecule has 0 atom stereocenters. The zero-order chi connectivity index (χ0) is 14.5. The fraction of sp³-hybridized carbons (Fsp3) is 0.765. The van der Waals surface area contributed by atoms with Crippen LogP contribution in [-0.4, -0.2) is 9.97 Å². The molecule has 2 N–H and O–H groups in total. The molecule has 0 radical (unpaired) electrons. The Labute approximate surface area is 123 Å². The first-order valence-electron chi connectivity index (χ1n) is 8.21. The van der Waals surface area contributed by atoms with E-state index in [1.54, 1.807) is 0 Å². The van der Waals surface area contributed by atoms with Crippen molar-refractivity contribution in [2.24, 2.45) is 11.8 Å². The Bertz CT molecular complexity index is 420. The highest BCUT2D eigenvalue weighted by Crippen LogP contribution is 2.36. The van der Waals surface area contributed by atoms with Crippen molar-refractivity contribution in [2.75, 3.05) is 5.73 Å². The molecule has 3 nitrogen and oxygen atoms in total. The summed E-state index contributed by atoms with van der Waals surface area (Å²) in [5.41, 5.74) is 7.08. The number of rotatable bonds is 5. The van der Waals surface area contributed by atoms with Crippen molar-refractivity contribution in [3.63, 3.8) is 0 Å². The minimum absolute atomic E-state index is 0.525. The van der Waals surface area contributed by atoms with Crippen molar-refractivity contribution in [3.05, 3.63) is 17.6 Å². The van der Waals surface area contributed by atoms with Crippen LogP contribution in [0.4, 0.5) is 5.82 Å². The molecule has 3 heteroatoms. The van der Waals surface area contributed by atoms with Gasteiger partial charge in [-0.2, -0.15) is 0 Å². The predicted molar refractivity (Wildman–Crippen MR) is 84.6 cm³/mol. The monoisotopic (exact) mass is 275 g/mol. The lowest BCUT2D eigenvalue weighted by molar-refractivity contribution is 0.302. The average molecular weight is 275 g/mol. The van der Waals surface area contributed by atoms with E-state index in [-0.39, 0.29) is 0 Å². The standard InChI is InChI=1S/C17H29N3/c1-4-5-13-6-8-14(9-7-13)17-19-15(10-12(2)3)11-16(18)20-17/h11-14H,4-10H2,1-3H3,(H2,18,19,20). The molecule has 1 aromatic heterocycles. The summed E-state index contributed by atoms with van der Waals surface area (Å²) in [5, 5.41) is 0. The van der Waals surface area contributed by atoms with E-state index in [4.69, 9.17) is 10.7 Å². The maximum absolute atomic E-state index is 5.97. The van der Waals surface area contributed by atoms with E-state index in [9.17, 15) is 0 Å². The Morgan fingerprint density at radius 1 is 1.20 bits per heavy atom. The molecule has 112 valence electrons. The van der Waals surface area contributed by atoms with E-state index in [1.807, 2.05) is 6.07 Å². The summed E-state index contributed by atoms with van der Waals surface area (Å²) in [4.78, 5) is 9.28. The first-order valence-corrected chi connectivity index (χ1v) is 8.21. The number of nitrogens with zero attached hydrogens (tertiary/aromatic N) is 2. The molecule has 0 aliphatic heterocycles. The van der Waals surface area contributed by atoms with E-state index in [0.717, 1.165) is 23.9 Å². The van der Waals surface area contributed by atoms with E-state index in [1.165, 1.54) is 38.5 Å². The van der Waals surface area contributed by atoms with Gasteiger partial charge < -0.3 is 5.73 Å². The van der Waals surface area contributed by atoms with Crippen LogP contribution in [0.5, 0.6) is 0 Å². The van der Waals surface area contributed by atoms with Crippen LogP contribution in [0.1, 0.15) is 76.7 Å². The van der Waals surface area contributed by atoms with Crippen LogP contribution in [0, 0.1) is 11.8 Å². The summed E-state index contributed by atoms with van der Waals surface area (Å²) in [5.74, 6) is 3.69. The lowest BCUT2D eigenvalue weighted by atomic mass is 9.79. The van der Waals surface area contributed by atoms with E-state index >= 15 is 0 Å². The molecule has 1 aromatic rings. The fourth-order valence-electron chi connectivity index (χ4n) is 3.36. The predicted octanol–water partition coefficient (Wildman–Crippen LogP) is 4.33. The number of aromatic nitrogens is 2. The van der Waals surface area contributed by atoms with Gasteiger partial charge in [-0.3, -0.25) is 0 Å². The smallest absolute Gasteiger partial charge is 0.134 e. The summed E-state index contributed by atoms with van der Waals surface area (Å²) >= 11 is 0. The fourth-order valence-corrected chi connectivity index (χ4v) is 3.36. The molecule has 20 heavy (non-hydrogen) atoms. The highest BCUT2D eigenvalue weighted by atomic mass is 15.0. The Hall–Kier alpha value is -1.12. The summed E-state index contributed by atoms with van der Waals surface area (Å²) < 4.78 is 0.